The number of ether oxygens (including phenoxy) is 3. The molecule has 1 aliphatic rings. The van der Waals surface area contributed by atoms with E-state index in [0.29, 0.717) is 17.4 Å². The minimum Gasteiger partial charge on any atom is -0.493 e. The van der Waals surface area contributed by atoms with Crippen molar-refractivity contribution in [2.75, 3.05) is 27.4 Å². The van der Waals surface area contributed by atoms with E-state index in [1.807, 2.05) is 30.3 Å². The highest BCUT2D eigenvalue weighted by molar-refractivity contribution is 6.30. The fourth-order valence-corrected chi connectivity index (χ4v) is 2.81. The first-order valence-corrected chi connectivity index (χ1v) is 7.76. The molecule has 0 atom stereocenters. The molecule has 0 fully saturated rings. The van der Waals surface area contributed by atoms with Crippen molar-refractivity contribution in [1.82, 2.24) is 0 Å². The largest absolute Gasteiger partial charge is 0.493 e. The fourth-order valence-electron chi connectivity index (χ4n) is 2.62. The Balaban J connectivity index is 1.84. The Morgan fingerprint density at radius 2 is 1.87 bits per heavy atom. The third-order valence-electron chi connectivity index (χ3n) is 3.78. The lowest BCUT2D eigenvalue weighted by molar-refractivity contribution is 0.354. The van der Waals surface area contributed by atoms with Crippen molar-refractivity contribution in [3.8, 4) is 17.2 Å². The Morgan fingerprint density at radius 3 is 2.61 bits per heavy atom. The first kappa shape index (κ1) is 15.7. The fraction of sp³-hybridized carbons (Fsp3) is 0.278. The third-order valence-corrected chi connectivity index (χ3v) is 4.01. The quantitative estimate of drug-likeness (QED) is 0.837. The van der Waals surface area contributed by atoms with E-state index in [1.165, 1.54) is 5.56 Å². The van der Waals surface area contributed by atoms with Gasteiger partial charge in [0, 0.05) is 17.1 Å². The second-order valence-electron chi connectivity index (χ2n) is 5.19. The van der Waals surface area contributed by atoms with Crippen molar-refractivity contribution in [2.24, 2.45) is 4.99 Å². The Morgan fingerprint density at radius 1 is 1.09 bits per heavy atom. The van der Waals surface area contributed by atoms with E-state index in [2.05, 4.69) is 4.99 Å². The van der Waals surface area contributed by atoms with E-state index in [1.54, 1.807) is 20.3 Å². The van der Waals surface area contributed by atoms with Crippen LogP contribution < -0.4 is 14.2 Å². The lowest BCUT2D eigenvalue weighted by Crippen LogP contribution is -2.20. The molecule has 3 rings (SSSR count). The average molecular weight is 332 g/mol. The van der Waals surface area contributed by atoms with Gasteiger partial charge in [-0.1, -0.05) is 17.7 Å². The third kappa shape index (κ3) is 3.42. The number of rotatable bonds is 5. The number of fused-ring (bicyclic) bond motifs is 1. The van der Waals surface area contributed by atoms with Gasteiger partial charge in [-0.15, -0.1) is 0 Å². The first-order chi connectivity index (χ1) is 11.2. The van der Waals surface area contributed by atoms with Crippen LogP contribution in [-0.4, -0.2) is 33.1 Å². The average Bonchev–Trinajstić information content (AvgIpc) is 2.58. The van der Waals surface area contributed by atoms with Crippen LogP contribution >= 0.6 is 11.6 Å². The van der Waals surface area contributed by atoms with Crippen LogP contribution in [0, 0.1) is 0 Å². The number of methoxy groups -OCH3 is 2. The van der Waals surface area contributed by atoms with E-state index < -0.39 is 0 Å². The van der Waals surface area contributed by atoms with Crippen LogP contribution in [0.4, 0.5) is 0 Å². The molecule has 23 heavy (non-hydrogen) atoms. The molecule has 4 nitrogen and oxygen atoms in total. The summed E-state index contributed by atoms with van der Waals surface area (Å²) in [5, 5.41) is 0.653. The zero-order valence-corrected chi connectivity index (χ0v) is 13.9. The highest BCUT2D eigenvalue weighted by atomic mass is 35.5. The summed E-state index contributed by atoms with van der Waals surface area (Å²) in [5.74, 6) is 2.17. The zero-order chi connectivity index (χ0) is 16.2. The molecule has 120 valence electrons. The maximum atomic E-state index is 5.98. The summed E-state index contributed by atoms with van der Waals surface area (Å²) >= 11 is 5.98. The SMILES string of the molecule is COc1cc2c(cc1OC)C(COc1cccc(Cl)c1)=NCC2. The number of nitrogens with zero attached hydrogens (tertiary/aromatic N) is 1. The van der Waals surface area contributed by atoms with Gasteiger partial charge in [-0.25, -0.2) is 0 Å². The molecule has 0 bridgehead atoms. The standard InChI is InChI=1S/C18H18ClNO3/c1-21-17-8-12-6-7-20-16(15(12)10-18(17)22-2)11-23-14-5-3-4-13(19)9-14/h3-5,8-10H,6-7,11H2,1-2H3. The van der Waals surface area contributed by atoms with Crippen molar-refractivity contribution >= 4 is 17.3 Å². The maximum absolute atomic E-state index is 5.98. The molecule has 5 heteroatoms. The molecule has 0 aromatic heterocycles. The van der Waals surface area contributed by atoms with Gasteiger partial charge >= 0.3 is 0 Å². The Labute approximate surface area is 140 Å². The van der Waals surface area contributed by atoms with Crippen LogP contribution in [0.3, 0.4) is 0 Å². The summed E-state index contributed by atoms with van der Waals surface area (Å²) in [4.78, 5) is 4.60. The molecule has 0 spiro atoms. The molecule has 2 aromatic carbocycles. The number of benzene rings is 2. The lowest BCUT2D eigenvalue weighted by Gasteiger charge is -2.20. The Kier molecular flexibility index (Phi) is 4.72. The van der Waals surface area contributed by atoms with Gasteiger partial charge < -0.3 is 14.2 Å². The monoisotopic (exact) mass is 331 g/mol. The molecular weight excluding hydrogens is 314 g/mol. The number of halogens is 1. The van der Waals surface area contributed by atoms with Crippen molar-refractivity contribution in [1.29, 1.82) is 0 Å². The van der Waals surface area contributed by atoms with Crippen LogP contribution in [0.1, 0.15) is 11.1 Å². The second-order valence-corrected chi connectivity index (χ2v) is 5.63. The topological polar surface area (TPSA) is 40.0 Å². The molecule has 0 saturated heterocycles. The molecule has 1 heterocycles. The van der Waals surface area contributed by atoms with Gasteiger partial charge in [0.2, 0.25) is 0 Å². The molecule has 0 aliphatic carbocycles. The van der Waals surface area contributed by atoms with Gasteiger partial charge in [-0.3, -0.25) is 4.99 Å². The molecule has 0 unspecified atom stereocenters. The van der Waals surface area contributed by atoms with Gasteiger partial charge in [0.25, 0.3) is 0 Å². The predicted molar refractivity (Wildman–Crippen MR) is 91.6 cm³/mol. The summed E-state index contributed by atoms with van der Waals surface area (Å²) in [6.07, 6.45) is 0.885. The van der Waals surface area contributed by atoms with Crippen LogP contribution in [-0.2, 0) is 6.42 Å². The molecule has 0 amide bonds. The summed E-state index contributed by atoms with van der Waals surface area (Å²) in [7, 11) is 3.27. The van der Waals surface area contributed by atoms with Crippen molar-refractivity contribution in [3.05, 3.63) is 52.5 Å². The van der Waals surface area contributed by atoms with Gasteiger partial charge in [-0.05, 0) is 42.3 Å². The van der Waals surface area contributed by atoms with E-state index >= 15 is 0 Å². The van der Waals surface area contributed by atoms with E-state index in [9.17, 15) is 0 Å². The highest BCUT2D eigenvalue weighted by Crippen LogP contribution is 2.32. The van der Waals surface area contributed by atoms with Crippen molar-refractivity contribution < 1.29 is 14.2 Å². The Hall–Kier alpha value is -2.20. The molecular formula is C18H18ClNO3. The van der Waals surface area contributed by atoms with Crippen molar-refractivity contribution in [3.63, 3.8) is 0 Å². The maximum Gasteiger partial charge on any atom is 0.161 e. The summed E-state index contributed by atoms with van der Waals surface area (Å²) in [6, 6.07) is 11.3. The van der Waals surface area contributed by atoms with E-state index in [0.717, 1.165) is 35.7 Å². The number of aliphatic imine (C=N–C) groups is 1. The predicted octanol–water partition coefficient (Wildman–Crippen LogP) is 3.78. The van der Waals surface area contributed by atoms with Crippen LogP contribution in [0.5, 0.6) is 17.2 Å². The minimum absolute atomic E-state index is 0.392. The van der Waals surface area contributed by atoms with Crippen LogP contribution in [0.15, 0.2) is 41.4 Å². The zero-order valence-electron chi connectivity index (χ0n) is 13.1. The molecule has 0 saturated carbocycles. The lowest BCUT2D eigenvalue weighted by atomic mass is 9.97. The molecule has 0 radical (unpaired) electrons. The second kappa shape index (κ2) is 6.92. The summed E-state index contributed by atoms with van der Waals surface area (Å²) < 4.78 is 16.6. The summed E-state index contributed by atoms with van der Waals surface area (Å²) in [6.45, 7) is 1.14. The molecule has 2 aromatic rings. The Bertz CT molecular complexity index is 743. The number of hydrogen-bond acceptors (Lipinski definition) is 4. The molecule has 1 aliphatic heterocycles. The van der Waals surface area contributed by atoms with Crippen molar-refractivity contribution in [2.45, 2.75) is 6.42 Å². The first-order valence-electron chi connectivity index (χ1n) is 7.38. The van der Waals surface area contributed by atoms with Gasteiger partial charge in [0.05, 0.1) is 19.9 Å². The normalized spacial score (nSPS) is 13.1. The minimum atomic E-state index is 0.392. The van der Waals surface area contributed by atoms with Gasteiger partial charge in [-0.2, -0.15) is 0 Å². The number of hydrogen-bond donors (Lipinski definition) is 0. The highest BCUT2D eigenvalue weighted by Gasteiger charge is 2.18. The summed E-state index contributed by atoms with van der Waals surface area (Å²) in [5.41, 5.74) is 3.16. The van der Waals surface area contributed by atoms with Gasteiger partial charge in [0.1, 0.15) is 12.4 Å². The van der Waals surface area contributed by atoms with E-state index in [-0.39, 0.29) is 0 Å². The van der Waals surface area contributed by atoms with E-state index in [4.69, 9.17) is 25.8 Å². The molecule has 0 N–H and O–H groups in total. The van der Waals surface area contributed by atoms with Gasteiger partial charge in [0.15, 0.2) is 11.5 Å². The van der Waals surface area contributed by atoms with Crippen LogP contribution in [0.25, 0.3) is 0 Å². The van der Waals surface area contributed by atoms with Crippen LogP contribution in [0.2, 0.25) is 5.02 Å². The smallest absolute Gasteiger partial charge is 0.161 e.